The van der Waals surface area contributed by atoms with Gasteiger partial charge in [-0.25, -0.2) is 18.4 Å². The predicted molar refractivity (Wildman–Crippen MR) is 116 cm³/mol. The maximum atomic E-state index is 12.4. The summed E-state index contributed by atoms with van der Waals surface area (Å²) in [6.07, 6.45) is 3.53. The van der Waals surface area contributed by atoms with Crippen LogP contribution in [-0.4, -0.2) is 46.1 Å². The van der Waals surface area contributed by atoms with Gasteiger partial charge >= 0.3 is 6.03 Å². The number of anilines is 1. The number of hydrogen-bond acceptors (Lipinski definition) is 5. The zero-order chi connectivity index (χ0) is 21.6. The number of piperidine rings is 1. The van der Waals surface area contributed by atoms with Crippen LogP contribution >= 0.6 is 0 Å². The fourth-order valence-electron chi connectivity index (χ4n) is 3.61. The summed E-state index contributed by atoms with van der Waals surface area (Å²) in [5, 5.41) is 10.8. The van der Waals surface area contributed by atoms with E-state index in [-0.39, 0.29) is 17.0 Å². The number of ether oxygens (including phenoxy) is 1. The van der Waals surface area contributed by atoms with Gasteiger partial charge in [0.1, 0.15) is 5.75 Å². The third-order valence-electron chi connectivity index (χ3n) is 5.23. The Morgan fingerprint density at radius 3 is 2.27 bits per heavy atom. The summed E-state index contributed by atoms with van der Waals surface area (Å²) in [4.78, 5) is 14.8. The minimum atomic E-state index is -3.76. The smallest absolute Gasteiger partial charge is 0.319 e. The second kappa shape index (κ2) is 9.92. The zero-order valence-electron chi connectivity index (χ0n) is 17.0. The second-order valence-electron chi connectivity index (χ2n) is 7.29. The number of carbonyl (C=O) groups is 1. The van der Waals surface area contributed by atoms with Crippen LogP contribution in [0, 0.1) is 0 Å². The average molecular weight is 433 g/mol. The van der Waals surface area contributed by atoms with Gasteiger partial charge in [0.05, 0.1) is 18.0 Å². The Labute approximate surface area is 177 Å². The fourth-order valence-corrected chi connectivity index (χ4v) is 4.12. The summed E-state index contributed by atoms with van der Waals surface area (Å²) in [5.41, 5.74) is 1.61. The van der Waals surface area contributed by atoms with Gasteiger partial charge in [0.15, 0.2) is 0 Å². The van der Waals surface area contributed by atoms with E-state index < -0.39 is 10.0 Å². The van der Waals surface area contributed by atoms with E-state index in [1.54, 1.807) is 7.11 Å². The van der Waals surface area contributed by atoms with Crippen molar-refractivity contribution >= 4 is 21.7 Å². The minimum absolute atomic E-state index is 0.00173. The molecule has 0 saturated carbocycles. The summed E-state index contributed by atoms with van der Waals surface area (Å²) in [6, 6.07) is 13.4. The first-order valence-electron chi connectivity index (χ1n) is 9.92. The Bertz CT molecular complexity index is 940. The number of carbonyl (C=O) groups excluding carboxylic acids is 1. The number of nitrogens with zero attached hydrogens (tertiary/aromatic N) is 1. The number of rotatable bonds is 7. The molecule has 30 heavy (non-hydrogen) atoms. The van der Waals surface area contributed by atoms with Crippen LogP contribution in [0.1, 0.15) is 30.9 Å². The van der Waals surface area contributed by atoms with Crippen molar-refractivity contribution in [2.75, 3.05) is 32.1 Å². The highest BCUT2D eigenvalue weighted by Gasteiger charge is 2.23. The van der Waals surface area contributed by atoms with E-state index in [4.69, 9.17) is 9.88 Å². The number of methoxy groups -OCH3 is 1. The molecule has 162 valence electrons. The molecule has 0 unspecified atom stereocenters. The third-order valence-corrected chi connectivity index (χ3v) is 6.16. The zero-order valence-corrected chi connectivity index (χ0v) is 17.8. The highest BCUT2D eigenvalue weighted by atomic mass is 32.2. The number of nitrogens with one attached hydrogen (secondary N) is 2. The molecular formula is C21H28N4O4S. The lowest BCUT2D eigenvalue weighted by Crippen LogP contribution is -2.41. The predicted octanol–water partition coefficient (Wildman–Crippen LogP) is 2.69. The van der Waals surface area contributed by atoms with E-state index in [0.29, 0.717) is 12.2 Å². The molecule has 0 aromatic heterocycles. The van der Waals surface area contributed by atoms with Crippen LogP contribution in [0.5, 0.6) is 5.75 Å². The van der Waals surface area contributed by atoms with Crippen molar-refractivity contribution in [3.63, 3.8) is 0 Å². The van der Waals surface area contributed by atoms with E-state index in [9.17, 15) is 13.2 Å². The molecule has 9 heteroatoms. The molecule has 2 aromatic carbocycles. The molecule has 4 N–H and O–H groups in total. The Balaban J connectivity index is 1.64. The quantitative estimate of drug-likeness (QED) is 0.622. The molecule has 1 heterocycles. The molecule has 1 aliphatic heterocycles. The average Bonchev–Trinajstić information content (AvgIpc) is 2.75. The van der Waals surface area contributed by atoms with Crippen LogP contribution < -0.4 is 20.5 Å². The highest BCUT2D eigenvalue weighted by Crippen LogP contribution is 2.26. The lowest BCUT2D eigenvalue weighted by molar-refractivity contribution is 0.161. The summed E-state index contributed by atoms with van der Waals surface area (Å²) >= 11 is 0. The number of hydrogen-bond donors (Lipinski definition) is 3. The fraction of sp³-hybridized carbons (Fsp3) is 0.381. The number of sulfonamides is 1. The molecule has 2 amide bonds. The molecule has 1 atom stereocenters. The maximum absolute atomic E-state index is 12.4. The maximum Gasteiger partial charge on any atom is 0.319 e. The Morgan fingerprint density at radius 1 is 1.07 bits per heavy atom. The van der Waals surface area contributed by atoms with Gasteiger partial charge in [0.2, 0.25) is 10.0 Å². The SMILES string of the molecule is COc1ccc([C@H](CNC(=O)Nc2ccc(S(N)(=O)=O)cc2)N2CCCCC2)cc1. The highest BCUT2D eigenvalue weighted by molar-refractivity contribution is 7.89. The summed E-state index contributed by atoms with van der Waals surface area (Å²) in [7, 11) is -2.12. The van der Waals surface area contributed by atoms with E-state index in [2.05, 4.69) is 15.5 Å². The molecule has 0 radical (unpaired) electrons. The largest absolute Gasteiger partial charge is 0.497 e. The lowest BCUT2D eigenvalue weighted by atomic mass is 10.0. The van der Waals surface area contributed by atoms with Crippen LogP contribution in [-0.2, 0) is 10.0 Å². The van der Waals surface area contributed by atoms with E-state index in [1.165, 1.54) is 30.7 Å². The molecule has 0 aliphatic carbocycles. The molecular weight excluding hydrogens is 404 g/mol. The van der Waals surface area contributed by atoms with Gasteiger partial charge in [0.25, 0.3) is 0 Å². The Hall–Kier alpha value is -2.62. The molecule has 8 nitrogen and oxygen atoms in total. The molecule has 0 bridgehead atoms. The summed E-state index contributed by atoms with van der Waals surface area (Å²) < 4.78 is 27.9. The number of urea groups is 1. The minimum Gasteiger partial charge on any atom is -0.497 e. The number of likely N-dealkylation sites (tertiary alicyclic amines) is 1. The second-order valence-corrected chi connectivity index (χ2v) is 8.85. The van der Waals surface area contributed by atoms with Gasteiger partial charge in [-0.05, 0) is 67.9 Å². The molecule has 1 aliphatic rings. The molecule has 0 spiro atoms. The number of benzene rings is 2. The summed E-state index contributed by atoms with van der Waals surface area (Å²) in [6.45, 7) is 2.44. The number of amides is 2. The standard InChI is InChI=1S/C21H28N4O4S/c1-29-18-9-5-16(6-10-18)20(25-13-3-2-4-14-25)15-23-21(26)24-17-7-11-19(12-8-17)30(22,27)28/h5-12,20H,2-4,13-15H2,1H3,(H2,22,27,28)(H2,23,24,26)/t20-/m0/s1. The van der Waals surface area contributed by atoms with Gasteiger partial charge in [-0.15, -0.1) is 0 Å². The van der Waals surface area contributed by atoms with Crippen LogP contribution in [0.25, 0.3) is 0 Å². The van der Waals surface area contributed by atoms with Gasteiger partial charge in [-0.3, -0.25) is 4.90 Å². The summed E-state index contributed by atoms with van der Waals surface area (Å²) in [5.74, 6) is 0.796. The van der Waals surface area contributed by atoms with Gasteiger partial charge in [0, 0.05) is 12.2 Å². The normalized spacial score (nSPS) is 15.9. The van der Waals surface area contributed by atoms with Crippen molar-refractivity contribution in [2.45, 2.75) is 30.2 Å². The van der Waals surface area contributed by atoms with E-state index in [0.717, 1.165) is 37.2 Å². The Morgan fingerprint density at radius 2 is 1.70 bits per heavy atom. The first kappa shape index (κ1) is 22.1. The number of nitrogens with two attached hydrogens (primary N) is 1. The molecule has 3 rings (SSSR count). The van der Waals surface area contributed by atoms with Gasteiger partial charge in [-0.2, -0.15) is 0 Å². The van der Waals surface area contributed by atoms with Crippen molar-refractivity contribution in [1.82, 2.24) is 10.2 Å². The third kappa shape index (κ3) is 5.94. The number of primary sulfonamides is 1. The topological polar surface area (TPSA) is 114 Å². The Kier molecular flexibility index (Phi) is 7.30. The first-order valence-corrected chi connectivity index (χ1v) is 11.5. The van der Waals surface area contributed by atoms with Crippen molar-refractivity contribution < 1.29 is 17.9 Å². The molecule has 1 fully saturated rings. The first-order chi connectivity index (χ1) is 14.4. The molecule has 2 aromatic rings. The van der Waals surface area contributed by atoms with Gasteiger partial charge in [-0.1, -0.05) is 18.6 Å². The van der Waals surface area contributed by atoms with Crippen LogP contribution in [0.2, 0.25) is 0 Å². The molecule has 1 saturated heterocycles. The monoisotopic (exact) mass is 432 g/mol. The van der Waals surface area contributed by atoms with Crippen molar-refractivity contribution in [3.05, 3.63) is 54.1 Å². The van der Waals surface area contributed by atoms with Crippen LogP contribution in [0.4, 0.5) is 10.5 Å². The van der Waals surface area contributed by atoms with Crippen molar-refractivity contribution in [2.24, 2.45) is 5.14 Å². The van der Waals surface area contributed by atoms with Crippen molar-refractivity contribution in [1.29, 1.82) is 0 Å². The lowest BCUT2D eigenvalue weighted by Gasteiger charge is -2.35. The van der Waals surface area contributed by atoms with E-state index >= 15 is 0 Å². The van der Waals surface area contributed by atoms with Crippen LogP contribution in [0.3, 0.4) is 0 Å². The van der Waals surface area contributed by atoms with E-state index in [1.807, 2.05) is 24.3 Å². The van der Waals surface area contributed by atoms with Crippen molar-refractivity contribution in [3.8, 4) is 5.75 Å². The van der Waals surface area contributed by atoms with Gasteiger partial charge < -0.3 is 15.4 Å². The van der Waals surface area contributed by atoms with Crippen LogP contribution in [0.15, 0.2) is 53.4 Å².